The van der Waals surface area contributed by atoms with Crippen LogP contribution in [0.1, 0.15) is 73.6 Å². The first-order valence-electron chi connectivity index (χ1n) is 17.5. The first-order chi connectivity index (χ1) is 23.8. The maximum Gasteiger partial charge on any atom is 0.163 e. The lowest BCUT2D eigenvalue weighted by Crippen LogP contribution is -2.09. The molecule has 49 heavy (non-hydrogen) atoms. The Hall–Kier alpha value is -4.00. The highest BCUT2D eigenvalue weighted by molar-refractivity contribution is 9.10. The van der Waals surface area contributed by atoms with Crippen molar-refractivity contribution in [3.8, 4) is 39.1 Å². The second kappa shape index (κ2) is 14.9. The summed E-state index contributed by atoms with van der Waals surface area (Å²) < 4.78 is 1.03. The molecule has 0 saturated heterocycles. The molecule has 0 aliphatic rings. The lowest BCUT2D eigenvalue weighted by Gasteiger charge is -2.25. The highest BCUT2D eigenvalue weighted by atomic mass is 79.9. The standard InChI is InChI=1S/C44H46BrNO3/c1-7-27-18-29(9-3)41(30(10-4)19-27)38-24-33-22-35(45)16-17-37(33)40(26(38)6)43-36-15-13-12-14-32(36)23-39(44(43)49-46)42-31(11-5)20-28(8-2)21-34(42)25-48-47/h12-24,47H,7-11,25,46H2,1-6H3. The van der Waals surface area contributed by atoms with Gasteiger partial charge in [-0.15, -0.1) is 0 Å². The van der Waals surface area contributed by atoms with Crippen molar-refractivity contribution < 1.29 is 15.0 Å². The van der Waals surface area contributed by atoms with Crippen molar-refractivity contribution in [3.63, 3.8) is 0 Å². The van der Waals surface area contributed by atoms with Crippen molar-refractivity contribution in [2.45, 2.75) is 80.3 Å². The third kappa shape index (κ3) is 6.30. The van der Waals surface area contributed by atoms with Gasteiger partial charge in [-0.1, -0.05) is 105 Å². The minimum absolute atomic E-state index is 0.0567. The van der Waals surface area contributed by atoms with Gasteiger partial charge in [-0.3, -0.25) is 5.26 Å². The molecule has 6 aromatic carbocycles. The maximum absolute atomic E-state index is 9.72. The smallest absolute Gasteiger partial charge is 0.163 e. The molecule has 5 heteroatoms. The Bertz CT molecular complexity index is 2160. The van der Waals surface area contributed by atoms with E-state index in [4.69, 9.17) is 15.6 Å². The largest absolute Gasteiger partial charge is 0.410 e. The Morgan fingerprint density at radius 1 is 0.592 bits per heavy atom. The van der Waals surface area contributed by atoms with Gasteiger partial charge in [0, 0.05) is 15.6 Å². The summed E-state index contributed by atoms with van der Waals surface area (Å²) in [6, 6.07) is 28.7. The molecule has 0 heterocycles. The Morgan fingerprint density at radius 3 is 1.71 bits per heavy atom. The van der Waals surface area contributed by atoms with Gasteiger partial charge in [0.2, 0.25) is 0 Å². The molecule has 6 aromatic rings. The molecule has 0 fully saturated rings. The lowest BCUT2D eigenvalue weighted by atomic mass is 9.80. The summed E-state index contributed by atoms with van der Waals surface area (Å²) in [4.78, 5) is 10.9. The summed E-state index contributed by atoms with van der Waals surface area (Å²) in [5.74, 6) is 7.00. The average Bonchev–Trinajstić information content (AvgIpc) is 3.13. The van der Waals surface area contributed by atoms with Crippen LogP contribution in [0.3, 0.4) is 0 Å². The van der Waals surface area contributed by atoms with E-state index in [-0.39, 0.29) is 6.61 Å². The fraction of sp³-hybridized carbons (Fsp3) is 0.273. The van der Waals surface area contributed by atoms with Crippen molar-refractivity contribution in [1.82, 2.24) is 0 Å². The zero-order valence-corrected chi connectivity index (χ0v) is 31.1. The fourth-order valence-electron chi connectivity index (χ4n) is 7.75. The van der Waals surface area contributed by atoms with Gasteiger partial charge in [0.25, 0.3) is 0 Å². The van der Waals surface area contributed by atoms with Gasteiger partial charge in [0.15, 0.2) is 5.75 Å². The number of fused-ring (bicyclic) bond motifs is 2. The first-order valence-corrected chi connectivity index (χ1v) is 18.3. The molecule has 0 bridgehead atoms. The van der Waals surface area contributed by atoms with Crippen molar-refractivity contribution in [2.75, 3.05) is 0 Å². The van der Waals surface area contributed by atoms with Crippen LogP contribution in [0.5, 0.6) is 5.75 Å². The maximum atomic E-state index is 9.72. The van der Waals surface area contributed by atoms with Crippen LogP contribution in [0.4, 0.5) is 0 Å². The summed E-state index contributed by atoms with van der Waals surface area (Å²) in [7, 11) is 0. The molecule has 0 radical (unpaired) electrons. The van der Waals surface area contributed by atoms with Gasteiger partial charge in [0.1, 0.15) is 6.61 Å². The van der Waals surface area contributed by atoms with Crippen LogP contribution in [0.25, 0.3) is 54.9 Å². The monoisotopic (exact) mass is 715 g/mol. The Balaban J connectivity index is 1.82. The molecular formula is C44H46BrNO3. The van der Waals surface area contributed by atoms with Crippen molar-refractivity contribution in [3.05, 3.63) is 122 Å². The average molecular weight is 717 g/mol. The number of halogens is 1. The molecule has 0 aliphatic carbocycles. The van der Waals surface area contributed by atoms with E-state index in [0.717, 1.165) is 91.5 Å². The van der Waals surface area contributed by atoms with Crippen LogP contribution in [0.2, 0.25) is 0 Å². The Kier molecular flexibility index (Phi) is 10.6. The predicted molar refractivity (Wildman–Crippen MR) is 209 cm³/mol. The quantitative estimate of drug-likeness (QED) is 0.103. The third-order valence-corrected chi connectivity index (χ3v) is 10.7. The molecule has 0 atom stereocenters. The van der Waals surface area contributed by atoms with Gasteiger partial charge in [-0.25, -0.2) is 4.89 Å². The van der Waals surface area contributed by atoms with Gasteiger partial charge < -0.3 is 4.84 Å². The molecule has 3 N–H and O–H groups in total. The van der Waals surface area contributed by atoms with Gasteiger partial charge in [0.05, 0.1) is 0 Å². The van der Waals surface area contributed by atoms with Crippen molar-refractivity contribution >= 4 is 37.5 Å². The summed E-state index contributed by atoms with van der Waals surface area (Å²) in [6.07, 6.45) is 4.57. The number of nitrogens with two attached hydrogens (primary N) is 1. The minimum atomic E-state index is 0.0567. The van der Waals surface area contributed by atoms with Crippen LogP contribution >= 0.6 is 15.9 Å². The summed E-state index contributed by atoms with van der Waals surface area (Å²) in [5.41, 5.74) is 15.0. The zero-order valence-electron chi connectivity index (χ0n) is 29.5. The molecule has 0 unspecified atom stereocenters. The lowest BCUT2D eigenvalue weighted by molar-refractivity contribution is -0.252. The highest BCUT2D eigenvalue weighted by Crippen LogP contribution is 2.51. The zero-order chi connectivity index (χ0) is 34.8. The molecule has 6 rings (SSSR count). The summed E-state index contributed by atoms with van der Waals surface area (Å²) in [6.45, 7) is 13.3. The van der Waals surface area contributed by atoms with E-state index in [0.29, 0.717) is 5.75 Å². The SMILES string of the molecule is CCc1cc(CC)c(-c2cc3cc(Br)ccc3c(-c3c(ON)c(-c4c(CC)cc(CC)cc4COO)cc4ccccc34)c2C)c(CC)c1. The summed E-state index contributed by atoms with van der Waals surface area (Å²) >= 11 is 3.77. The van der Waals surface area contributed by atoms with Gasteiger partial charge >= 0.3 is 0 Å². The molecule has 0 spiro atoms. The van der Waals surface area contributed by atoms with E-state index in [9.17, 15) is 5.26 Å². The normalized spacial score (nSPS) is 11.5. The fourth-order valence-corrected chi connectivity index (χ4v) is 8.13. The molecule has 0 aromatic heterocycles. The van der Waals surface area contributed by atoms with E-state index < -0.39 is 0 Å². The van der Waals surface area contributed by atoms with E-state index in [1.807, 2.05) is 0 Å². The Labute approximate surface area is 298 Å². The minimum Gasteiger partial charge on any atom is -0.410 e. The molecule has 0 saturated carbocycles. The second-order valence-electron chi connectivity index (χ2n) is 12.9. The van der Waals surface area contributed by atoms with E-state index >= 15 is 0 Å². The van der Waals surface area contributed by atoms with Crippen molar-refractivity contribution in [2.24, 2.45) is 5.90 Å². The van der Waals surface area contributed by atoms with Crippen molar-refractivity contribution in [1.29, 1.82) is 0 Å². The number of aryl methyl sites for hydroxylation is 5. The van der Waals surface area contributed by atoms with Crippen LogP contribution in [0.15, 0.2) is 83.3 Å². The molecule has 0 amide bonds. The van der Waals surface area contributed by atoms with E-state index in [1.54, 1.807) is 0 Å². The second-order valence-corrected chi connectivity index (χ2v) is 13.8. The van der Waals surface area contributed by atoms with Crippen LogP contribution in [-0.2, 0) is 43.6 Å². The number of hydrogen-bond donors (Lipinski definition) is 2. The highest BCUT2D eigenvalue weighted by Gasteiger charge is 2.26. The Morgan fingerprint density at radius 2 is 1.14 bits per heavy atom. The van der Waals surface area contributed by atoms with Crippen LogP contribution in [-0.4, -0.2) is 5.26 Å². The third-order valence-electron chi connectivity index (χ3n) is 10.2. The predicted octanol–water partition coefficient (Wildman–Crippen LogP) is 12.1. The number of rotatable bonds is 11. The first kappa shape index (κ1) is 34.8. The topological polar surface area (TPSA) is 64.7 Å². The van der Waals surface area contributed by atoms with E-state index in [2.05, 4.69) is 136 Å². The van der Waals surface area contributed by atoms with E-state index in [1.165, 1.54) is 38.9 Å². The van der Waals surface area contributed by atoms with Gasteiger partial charge in [-0.05, 0) is 146 Å². The molecule has 4 nitrogen and oxygen atoms in total. The molecular weight excluding hydrogens is 670 g/mol. The summed E-state index contributed by atoms with van der Waals surface area (Å²) in [5, 5.41) is 14.1. The molecule has 0 aliphatic heterocycles. The van der Waals surface area contributed by atoms with Crippen LogP contribution < -0.4 is 10.7 Å². The number of hydrogen-bond acceptors (Lipinski definition) is 4. The van der Waals surface area contributed by atoms with Crippen LogP contribution in [0, 0.1) is 6.92 Å². The van der Waals surface area contributed by atoms with Gasteiger partial charge in [-0.2, -0.15) is 5.90 Å². The molecule has 252 valence electrons. The number of benzene rings is 6.